The van der Waals surface area contributed by atoms with Crippen LogP contribution in [0.25, 0.3) is 0 Å². The molecular weight excluding hydrogens is 385 g/mol. The van der Waals surface area contributed by atoms with Crippen LogP contribution >= 0.6 is 23.2 Å². The molecule has 3 rings (SSSR count). The Morgan fingerprint density at radius 1 is 1.07 bits per heavy atom. The first-order valence-corrected chi connectivity index (χ1v) is 9.43. The van der Waals surface area contributed by atoms with Crippen LogP contribution in [0.1, 0.15) is 25.3 Å². The van der Waals surface area contributed by atoms with E-state index >= 15 is 0 Å². The summed E-state index contributed by atoms with van der Waals surface area (Å²) < 4.78 is 13.6. The molecule has 0 unspecified atom stereocenters. The highest BCUT2D eigenvalue weighted by Crippen LogP contribution is 2.39. The maximum absolute atomic E-state index is 6.63. The molecule has 5 nitrogen and oxygen atoms in total. The van der Waals surface area contributed by atoms with Gasteiger partial charge in [-0.25, -0.2) is 9.67 Å². The maximum atomic E-state index is 6.63. The molecule has 0 saturated heterocycles. The van der Waals surface area contributed by atoms with Crippen molar-refractivity contribution >= 4 is 23.2 Å². The van der Waals surface area contributed by atoms with Gasteiger partial charge in [0.1, 0.15) is 29.8 Å². The summed E-state index contributed by atoms with van der Waals surface area (Å²) in [6.45, 7) is 2.63. The van der Waals surface area contributed by atoms with Gasteiger partial charge in [0.05, 0.1) is 11.6 Å². The zero-order valence-corrected chi connectivity index (χ0v) is 16.7. The number of benzene rings is 2. The SMILES string of the molecule is CCC[C@](Cn1cncn1)(OC)c1ccc(Oc2ccc(Cl)cc2)cc1Cl. The van der Waals surface area contributed by atoms with E-state index in [0.29, 0.717) is 28.1 Å². The highest BCUT2D eigenvalue weighted by atomic mass is 35.5. The van der Waals surface area contributed by atoms with Crippen molar-refractivity contribution in [2.75, 3.05) is 7.11 Å². The first-order valence-electron chi connectivity index (χ1n) is 8.67. The van der Waals surface area contributed by atoms with E-state index in [1.54, 1.807) is 36.3 Å². The molecular formula is C20H21Cl2N3O2. The lowest BCUT2D eigenvalue weighted by molar-refractivity contribution is -0.0397. The summed E-state index contributed by atoms with van der Waals surface area (Å²) in [7, 11) is 1.70. The Bertz CT molecular complexity index is 869. The molecule has 27 heavy (non-hydrogen) atoms. The van der Waals surface area contributed by atoms with E-state index in [2.05, 4.69) is 17.0 Å². The normalized spacial score (nSPS) is 13.3. The standard InChI is InChI=1S/C20H21Cl2N3O2/c1-3-10-20(26-2,12-25-14-23-13-24-25)18-9-8-17(11-19(18)22)27-16-6-4-15(21)5-7-16/h4-9,11,13-14H,3,10,12H2,1-2H3/t20-/m1/s1. The molecule has 2 aromatic carbocycles. The number of nitrogens with zero attached hydrogens (tertiary/aromatic N) is 3. The minimum absolute atomic E-state index is 0.522. The molecule has 0 aliphatic heterocycles. The molecule has 1 aromatic heterocycles. The second-order valence-electron chi connectivity index (χ2n) is 6.24. The predicted molar refractivity (Wildman–Crippen MR) is 107 cm³/mol. The van der Waals surface area contributed by atoms with Gasteiger partial charge in [-0.2, -0.15) is 5.10 Å². The van der Waals surface area contributed by atoms with Gasteiger partial charge in [-0.05, 0) is 42.8 Å². The second kappa shape index (κ2) is 8.74. The molecule has 0 aliphatic rings. The number of halogens is 2. The van der Waals surface area contributed by atoms with E-state index in [-0.39, 0.29) is 0 Å². The van der Waals surface area contributed by atoms with Gasteiger partial charge in [-0.15, -0.1) is 0 Å². The summed E-state index contributed by atoms with van der Waals surface area (Å²) in [5.74, 6) is 1.34. The third-order valence-electron chi connectivity index (χ3n) is 4.41. The van der Waals surface area contributed by atoms with Gasteiger partial charge in [0.25, 0.3) is 0 Å². The van der Waals surface area contributed by atoms with Crippen LogP contribution in [0.4, 0.5) is 0 Å². The number of hydrogen-bond acceptors (Lipinski definition) is 4. The van der Waals surface area contributed by atoms with Crippen molar-refractivity contribution in [3.63, 3.8) is 0 Å². The van der Waals surface area contributed by atoms with Crippen molar-refractivity contribution in [2.45, 2.75) is 31.9 Å². The molecule has 7 heteroatoms. The van der Waals surface area contributed by atoms with Crippen molar-refractivity contribution in [1.82, 2.24) is 14.8 Å². The molecule has 0 radical (unpaired) electrons. The van der Waals surface area contributed by atoms with Crippen LogP contribution in [0.2, 0.25) is 10.0 Å². The third-order valence-corrected chi connectivity index (χ3v) is 4.97. The van der Waals surface area contributed by atoms with E-state index in [4.69, 9.17) is 32.7 Å². The van der Waals surface area contributed by atoms with Gasteiger partial charge in [-0.1, -0.05) is 42.6 Å². The van der Waals surface area contributed by atoms with E-state index in [9.17, 15) is 0 Å². The van der Waals surface area contributed by atoms with Crippen molar-refractivity contribution < 1.29 is 9.47 Å². The molecule has 1 heterocycles. The molecule has 0 fully saturated rings. The van der Waals surface area contributed by atoms with Crippen molar-refractivity contribution in [1.29, 1.82) is 0 Å². The van der Waals surface area contributed by atoms with Crippen LogP contribution in [-0.4, -0.2) is 21.9 Å². The monoisotopic (exact) mass is 405 g/mol. The summed E-state index contributed by atoms with van der Waals surface area (Å²) in [5.41, 5.74) is 0.297. The smallest absolute Gasteiger partial charge is 0.137 e. The van der Waals surface area contributed by atoms with E-state index in [1.165, 1.54) is 6.33 Å². The minimum atomic E-state index is -0.599. The highest BCUT2D eigenvalue weighted by Gasteiger charge is 2.34. The second-order valence-corrected chi connectivity index (χ2v) is 7.08. The Labute approximate surface area is 168 Å². The summed E-state index contributed by atoms with van der Waals surface area (Å²) >= 11 is 12.5. The summed E-state index contributed by atoms with van der Waals surface area (Å²) in [5, 5.41) is 5.45. The number of methoxy groups -OCH3 is 1. The maximum Gasteiger partial charge on any atom is 0.137 e. The molecule has 1 atom stereocenters. The predicted octanol–water partition coefficient (Wildman–Crippen LogP) is 5.72. The molecule has 142 valence electrons. The van der Waals surface area contributed by atoms with Crippen LogP contribution in [0, 0.1) is 0 Å². The van der Waals surface area contributed by atoms with Gasteiger partial charge in [0, 0.05) is 17.7 Å². The Hall–Kier alpha value is -2.08. The molecule has 0 spiro atoms. The Morgan fingerprint density at radius 2 is 1.81 bits per heavy atom. The lowest BCUT2D eigenvalue weighted by Crippen LogP contribution is -2.34. The van der Waals surface area contributed by atoms with E-state index < -0.39 is 5.60 Å². The molecule has 0 aliphatic carbocycles. The number of ether oxygens (including phenoxy) is 2. The van der Waals surface area contributed by atoms with Gasteiger partial charge in [0.15, 0.2) is 0 Å². The van der Waals surface area contributed by atoms with Crippen LogP contribution in [0.15, 0.2) is 55.1 Å². The van der Waals surface area contributed by atoms with Crippen LogP contribution in [0.5, 0.6) is 11.5 Å². The van der Waals surface area contributed by atoms with Crippen molar-refractivity contribution in [3.05, 3.63) is 70.7 Å². The Kier molecular flexibility index (Phi) is 6.37. The Balaban J connectivity index is 1.89. The minimum Gasteiger partial charge on any atom is -0.457 e. The molecule has 0 bridgehead atoms. The molecule has 0 saturated carbocycles. The topological polar surface area (TPSA) is 49.2 Å². The average molecular weight is 406 g/mol. The van der Waals surface area contributed by atoms with Gasteiger partial charge in [-0.3, -0.25) is 0 Å². The average Bonchev–Trinajstić information content (AvgIpc) is 3.16. The third kappa shape index (κ3) is 4.61. The van der Waals surface area contributed by atoms with Crippen LogP contribution < -0.4 is 4.74 Å². The first kappa shape index (κ1) is 19.7. The zero-order valence-electron chi connectivity index (χ0n) is 15.2. The fourth-order valence-corrected chi connectivity index (χ4v) is 3.59. The van der Waals surface area contributed by atoms with E-state index in [1.807, 2.05) is 24.3 Å². The van der Waals surface area contributed by atoms with E-state index in [0.717, 1.165) is 18.4 Å². The largest absolute Gasteiger partial charge is 0.457 e. The number of hydrogen-bond donors (Lipinski definition) is 0. The molecule has 0 N–H and O–H groups in total. The van der Waals surface area contributed by atoms with Crippen molar-refractivity contribution in [3.8, 4) is 11.5 Å². The van der Waals surface area contributed by atoms with Gasteiger partial charge in [0.2, 0.25) is 0 Å². The van der Waals surface area contributed by atoms with Crippen LogP contribution in [0.3, 0.4) is 0 Å². The lowest BCUT2D eigenvalue weighted by Gasteiger charge is -2.33. The fraction of sp³-hybridized carbons (Fsp3) is 0.300. The van der Waals surface area contributed by atoms with Crippen molar-refractivity contribution in [2.24, 2.45) is 0 Å². The molecule has 0 amide bonds. The van der Waals surface area contributed by atoms with Gasteiger partial charge >= 0.3 is 0 Å². The number of rotatable bonds is 8. The Morgan fingerprint density at radius 3 is 2.41 bits per heavy atom. The summed E-state index contributed by atoms with van der Waals surface area (Å²) in [6.07, 6.45) is 4.91. The fourth-order valence-electron chi connectivity index (χ4n) is 3.12. The zero-order chi connectivity index (χ0) is 19.3. The summed E-state index contributed by atoms with van der Waals surface area (Å²) in [6, 6.07) is 12.8. The van der Waals surface area contributed by atoms with Crippen LogP contribution in [-0.2, 0) is 16.9 Å². The first-order chi connectivity index (χ1) is 13.1. The highest BCUT2D eigenvalue weighted by molar-refractivity contribution is 6.31. The number of aromatic nitrogens is 3. The molecule has 3 aromatic rings. The quantitative estimate of drug-likeness (QED) is 0.480. The summed E-state index contributed by atoms with van der Waals surface area (Å²) in [4.78, 5) is 4.02. The lowest BCUT2D eigenvalue weighted by atomic mass is 9.88. The van der Waals surface area contributed by atoms with Gasteiger partial charge < -0.3 is 9.47 Å².